The molecule has 1 aliphatic rings. The molecule has 1 saturated heterocycles. The third kappa shape index (κ3) is 4.97. The van der Waals surface area contributed by atoms with E-state index in [0.29, 0.717) is 19.6 Å². The molecule has 1 N–H and O–H groups in total. The Morgan fingerprint density at radius 3 is 2.55 bits per heavy atom. The molecular weight excluding hydrogens is 324 g/mol. The minimum absolute atomic E-state index is 0. The van der Waals surface area contributed by atoms with Gasteiger partial charge in [0.15, 0.2) is 9.84 Å². The van der Waals surface area contributed by atoms with Gasteiger partial charge in [0.1, 0.15) is 5.25 Å². The lowest BCUT2D eigenvalue weighted by molar-refractivity contribution is -0.131. The molecule has 1 aromatic carbocycles. The fourth-order valence-electron chi connectivity index (χ4n) is 2.59. The van der Waals surface area contributed by atoms with Crippen LogP contribution in [0.3, 0.4) is 0 Å². The molecule has 2 unspecified atom stereocenters. The van der Waals surface area contributed by atoms with Gasteiger partial charge in [-0.3, -0.25) is 4.79 Å². The predicted octanol–water partition coefficient (Wildman–Crippen LogP) is 0.884. The van der Waals surface area contributed by atoms with Crippen molar-refractivity contribution < 1.29 is 13.2 Å². The molecule has 5 nitrogen and oxygen atoms in total. The molecule has 0 radical (unpaired) electrons. The number of sulfone groups is 1. The third-order valence-electron chi connectivity index (χ3n) is 3.74. The summed E-state index contributed by atoms with van der Waals surface area (Å²) in [5.41, 5.74) is 0.865. The quantitative estimate of drug-likeness (QED) is 0.879. The Bertz CT molecular complexity index is 592. The molecule has 0 spiro atoms. The van der Waals surface area contributed by atoms with Crippen molar-refractivity contribution in [1.29, 1.82) is 0 Å². The van der Waals surface area contributed by atoms with Gasteiger partial charge in [-0.15, -0.1) is 12.4 Å². The van der Waals surface area contributed by atoms with Gasteiger partial charge in [0.05, 0.1) is 0 Å². The number of benzene rings is 1. The fourth-order valence-corrected chi connectivity index (χ4v) is 3.60. The molecule has 0 saturated carbocycles. The van der Waals surface area contributed by atoms with E-state index >= 15 is 0 Å². The van der Waals surface area contributed by atoms with Crippen molar-refractivity contribution in [2.75, 3.05) is 25.9 Å². The van der Waals surface area contributed by atoms with Crippen LogP contribution in [-0.4, -0.2) is 56.4 Å². The van der Waals surface area contributed by atoms with E-state index in [9.17, 15) is 13.2 Å². The number of rotatable bonds is 4. The molecule has 1 aromatic rings. The van der Waals surface area contributed by atoms with Crippen molar-refractivity contribution in [1.82, 2.24) is 10.2 Å². The normalized spacial score (nSPS) is 20.1. The van der Waals surface area contributed by atoms with Crippen LogP contribution in [-0.2, 0) is 21.1 Å². The summed E-state index contributed by atoms with van der Waals surface area (Å²) in [4.78, 5) is 14.3. The van der Waals surface area contributed by atoms with Gasteiger partial charge in [-0.1, -0.05) is 30.3 Å². The maximum Gasteiger partial charge on any atom is 0.241 e. The van der Waals surface area contributed by atoms with Crippen LogP contribution < -0.4 is 5.32 Å². The second-order valence-corrected chi connectivity index (χ2v) is 7.88. The summed E-state index contributed by atoms with van der Waals surface area (Å²) in [5.74, 6) is -0.283. The zero-order valence-electron chi connectivity index (χ0n) is 12.9. The number of hydrogen-bond acceptors (Lipinski definition) is 4. The lowest BCUT2D eigenvalue weighted by Gasteiger charge is -2.34. The van der Waals surface area contributed by atoms with Gasteiger partial charge in [0.2, 0.25) is 5.91 Å². The molecule has 1 amide bonds. The summed E-state index contributed by atoms with van der Waals surface area (Å²) < 4.78 is 24.1. The monoisotopic (exact) mass is 346 g/mol. The van der Waals surface area contributed by atoms with Crippen LogP contribution in [0.1, 0.15) is 12.5 Å². The Morgan fingerprint density at radius 1 is 1.36 bits per heavy atom. The molecule has 124 valence electrons. The van der Waals surface area contributed by atoms with Crippen LogP contribution in [0.5, 0.6) is 0 Å². The van der Waals surface area contributed by atoms with Crippen molar-refractivity contribution in [3.8, 4) is 0 Å². The summed E-state index contributed by atoms with van der Waals surface area (Å²) in [6, 6.07) is 9.48. The molecule has 1 aliphatic heterocycles. The lowest BCUT2D eigenvalue weighted by atomic mass is 10.1. The molecule has 0 bridgehead atoms. The first kappa shape index (κ1) is 18.9. The van der Waals surface area contributed by atoms with Crippen molar-refractivity contribution in [3.63, 3.8) is 0 Å². The van der Waals surface area contributed by atoms with Crippen LogP contribution >= 0.6 is 12.4 Å². The Kier molecular flexibility index (Phi) is 6.84. The van der Waals surface area contributed by atoms with Crippen molar-refractivity contribution in [2.45, 2.75) is 24.6 Å². The highest BCUT2D eigenvalue weighted by atomic mass is 35.5. The van der Waals surface area contributed by atoms with Gasteiger partial charge >= 0.3 is 0 Å². The van der Waals surface area contributed by atoms with Gasteiger partial charge in [-0.05, 0) is 18.9 Å². The van der Waals surface area contributed by atoms with Crippen molar-refractivity contribution in [3.05, 3.63) is 35.9 Å². The molecule has 1 fully saturated rings. The third-order valence-corrected chi connectivity index (χ3v) is 5.14. The zero-order valence-corrected chi connectivity index (χ0v) is 14.5. The van der Waals surface area contributed by atoms with E-state index in [1.807, 2.05) is 37.3 Å². The maximum absolute atomic E-state index is 12.6. The number of hydrogen-bond donors (Lipinski definition) is 1. The van der Waals surface area contributed by atoms with Gasteiger partial charge in [-0.25, -0.2) is 8.42 Å². The number of halogens is 1. The van der Waals surface area contributed by atoms with E-state index in [0.717, 1.165) is 11.8 Å². The summed E-state index contributed by atoms with van der Waals surface area (Å²) in [6.45, 7) is 3.81. The number of nitrogens with zero attached hydrogens (tertiary/aromatic N) is 1. The Labute approximate surface area is 138 Å². The molecule has 7 heteroatoms. The van der Waals surface area contributed by atoms with E-state index < -0.39 is 15.1 Å². The average Bonchev–Trinajstić information content (AvgIpc) is 2.44. The van der Waals surface area contributed by atoms with Gasteiger partial charge in [0.25, 0.3) is 0 Å². The van der Waals surface area contributed by atoms with Crippen LogP contribution in [0.25, 0.3) is 0 Å². The highest BCUT2D eigenvalue weighted by Gasteiger charge is 2.34. The Balaban J connectivity index is 0.00000242. The number of carbonyl (C=O) groups excluding carboxylic acids is 1. The summed E-state index contributed by atoms with van der Waals surface area (Å²) >= 11 is 0. The first-order valence-corrected chi connectivity index (χ1v) is 9.08. The van der Waals surface area contributed by atoms with Gasteiger partial charge < -0.3 is 10.2 Å². The van der Waals surface area contributed by atoms with E-state index in [4.69, 9.17) is 0 Å². The molecule has 0 aromatic heterocycles. The van der Waals surface area contributed by atoms with Crippen molar-refractivity contribution >= 4 is 28.2 Å². The van der Waals surface area contributed by atoms with Crippen LogP contribution in [0.2, 0.25) is 0 Å². The smallest absolute Gasteiger partial charge is 0.241 e. The standard InChI is InChI=1S/C15H22N2O3S.ClH/c1-12-11-17(9-8-16-12)15(18)14(21(2,19)20)10-13-6-4-3-5-7-13;/h3-7,12,14,16H,8-11H2,1-2H3;1H. The van der Waals surface area contributed by atoms with E-state index in [1.165, 1.54) is 0 Å². The molecule has 0 aliphatic carbocycles. The second kappa shape index (κ2) is 7.94. The SMILES string of the molecule is CC1CN(C(=O)C(Cc2ccccc2)S(C)(=O)=O)CCN1.Cl. The van der Waals surface area contributed by atoms with E-state index in [-0.39, 0.29) is 30.8 Å². The minimum Gasteiger partial charge on any atom is -0.339 e. The van der Waals surface area contributed by atoms with Crippen molar-refractivity contribution in [2.24, 2.45) is 0 Å². The number of amides is 1. The summed E-state index contributed by atoms with van der Waals surface area (Å²) in [5, 5.41) is 2.26. The highest BCUT2D eigenvalue weighted by Crippen LogP contribution is 2.14. The summed E-state index contributed by atoms with van der Waals surface area (Å²) in [6.07, 6.45) is 1.38. The maximum atomic E-state index is 12.6. The highest BCUT2D eigenvalue weighted by molar-refractivity contribution is 7.92. The lowest BCUT2D eigenvalue weighted by Crippen LogP contribution is -2.55. The first-order chi connectivity index (χ1) is 9.88. The topological polar surface area (TPSA) is 66.5 Å². The molecule has 2 rings (SSSR count). The van der Waals surface area contributed by atoms with Crippen LogP contribution in [0.4, 0.5) is 0 Å². The number of nitrogens with one attached hydrogen (secondary N) is 1. The first-order valence-electron chi connectivity index (χ1n) is 7.13. The van der Waals surface area contributed by atoms with E-state index in [1.54, 1.807) is 4.90 Å². The zero-order chi connectivity index (χ0) is 15.5. The van der Waals surface area contributed by atoms with Crippen LogP contribution in [0.15, 0.2) is 30.3 Å². The Morgan fingerprint density at radius 2 is 2.00 bits per heavy atom. The number of piperazine rings is 1. The predicted molar refractivity (Wildman–Crippen MR) is 90.1 cm³/mol. The molecule has 2 atom stereocenters. The van der Waals surface area contributed by atoms with E-state index in [2.05, 4.69) is 5.32 Å². The number of carbonyl (C=O) groups is 1. The second-order valence-electron chi connectivity index (χ2n) is 5.65. The minimum atomic E-state index is -3.44. The fraction of sp³-hybridized carbons (Fsp3) is 0.533. The van der Waals surface area contributed by atoms with Crippen LogP contribution in [0, 0.1) is 0 Å². The molecule has 1 heterocycles. The van der Waals surface area contributed by atoms with Gasteiger partial charge in [-0.2, -0.15) is 0 Å². The summed E-state index contributed by atoms with van der Waals surface area (Å²) in [7, 11) is -3.44. The average molecular weight is 347 g/mol. The Hall–Kier alpha value is -1.11. The van der Waals surface area contributed by atoms with Gasteiger partial charge in [0, 0.05) is 31.9 Å². The largest absolute Gasteiger partial charge is 0.339 e. The molecule has 22 heavy (non-hydrogen) atoms. The molecular formula is C15H23ClN2O3S.